The smallest absolute Gasteiger partial charge is 0.127 e. The van der Waals surface area contributed by atoms with E-state index in [9.17, 15) is 0 Å². The van der Waals surface area contributed by atoms with Crippen LogP contribution >= 0.6 is 0 Å². The van der Waals surface area contributed by atoms with E-state index in [1.807, 2.05) is 11.9 Å². The van der Waals surface area contributed by atoms with E-state index in [0.717, 1.165) is 19.4 Å². The summed E-state index contributed by atoms with van der Waals surface area (Å²) in [6, 6.07) is 0. The first kappa shape index (κ1) is 4.62. The molecule has 0 amide bonds. The molecule has 0 spiro atoms. The molecule has 0 atom stereocenters. The van der Waals surface area contributed by atoms with Crippen molar-refractivity contribution in [3.8, 4) is 0 Å². The molecular weight excluding hydrogens is 88.1 g/mol. The Labute approximate surface area is 43.6 Å². The van der Waals surface area contributed by atoms with Gasteiger partial charge in [-0.15, -0.1) is 5.41 Å². The molecule has 0 saturated carbocycles. The van der Waals surface area contributed by atoms with E-state index in [-0.39, 0.29) is 0 Å². The molecule has 0 aromatic carbocycles. The van der Waals surface area contributed by atoms with E-state index >= 15 is 0 Å². The van der Waals surface area contributed by atoms with E-state index in [2.05, 4.69) is 0 Å². The van der Waals surface area contributed by atoms with Crippen molar-refractivity contribution in [2.24, 2.45) is 0 Å². The Bertz CT molecular complexity index is 88.1. The maximum absolute atomic E-state index is 8.84. The zero-order valence-electron chi connectivity index (χ0n) is 4.52. The summed E-state index contributed by atoms with van der Waals surface area (Å²) in [6.45, 7) is 1.02. The van der Waals surface area contributed by atoms with Crippen molar-refractivity contribution in [2.45, 2.75) is 12.8 Å². The third-order valence-corrected chi connectivity index (χ3v) is 1.33. The highest BCUT2D eigenvalue weighted by atomic mass is 15.2. The van der Waals surface area contributed by atoms with Crippen molar-refractivity contribution in [3.05, 3.63) is 0 Å². The quantitative estimate of drug-likeness (QED) is 0.415. The predicted molar refractivity (Wildman–Crippen MR) is 29.0 cm³/mol. The lowest BCUT2D eigenvalue weighted by Crippen LogP contribution is -2.19. The monoisotopic (exact) mass is 97.1 g/mol. The number of rotatable bonds is 0. The number of hydrogen-bond donors (Lipinski definition) is 0. The molecule has 2 heteroatoms. The average Bonchev–Trinajstić information content (AvgIpc) is 1.91. The third kappa shape index (κ3) is 0.734. The van der Waals surface area contributed by atoms with Crippen LogP contribution < -0.4 is 5.41 Å². The first-order valence-corrected chi connectivity index (χ1v) is 2.56. The second kappa shape index (κ2) is 1.52. The lowest BCUT2D eigenvalue weighted by atomic mass is 10.4. The summed E-state index contributed by atoms with van der Waals surface area (Å²) >= 11 is 0. The average molecular weight is 97.1 g/mol. The van der Waals surface area contributed by atoms with E-state index in [4.69, 9.17) is 5.41 Å². The van der Waals surface area contributed by atoms with Gasteiger partial charge in [0.15, 0.2) is 0 Å². The molecule has 0 aliphatic carbocycles. The van der Waals surface area contributed by atoms with Gasteiger partial charge in [0, 0.05) is 20.0 Å². The van der Waals surface area contributed by atoms with Gasteiger partial charge in [0.05, 0.1) is 0 Å². The molecule has 1 radical (unpaired) electrons. The number of amidine groups is 1. The van der Waals surface area contributed by atoms with Gasteiger partial charge in [0.25, 0.3) is 0 Å². The fourth-order valence-corrected chi connectivity index (χ4v) is 0.794. The Kier molecular flexibility index (Phi) is 1.01. The minimum Gasteiger partial charge on any atom is -0.362 e. The Morgan fingerprint density at radius 2 is 2.43 bits per heavy atom. The van der Waals surface area contributed by atoms with Crippen LogP contribution in [0.25, 0.3) is 0 Å². The Hall–Kier alpha value is -0.530. The fourth-order valence-electron chi connectivity index (χ4n) is 0.794. The molecule has 1 aliphatic heterocycles. The first-order chi connectivity index (χ1) is 3.30. The summed E-state index contributed by atoms with van der Waals surface area (Å²) in [4.78, 5) is 1.88. The third-order valence-electron chi connectivity index (χ3n) is 1.33. The van der Waals surface area contributed by atoms with E-state index in [0.29, 0.717) is 5.84 Å². The highest BCUT2D eigenvalue weighted by Gasteiger charge is 2.11. The normalized spacial score (nSPS) is 21.3. The van der Waals surface area contributed by atoms with Crippen LogP contribution in [-0.2, 0) is 0 Å². The van der Waals surface area contributed by atoms with Crippen LogP contribution in [0.4, 0.5) is 0 Å². The molecule has 1 aliphatic rings. The highest BCUT2D eigenvalue weighted by molar-refractivity contribution is 5.81. The number of likely N-dealkylation sites (tertiary alicyclic amines) is 1. The van der Waals surface area contributed by atoms with Gasteiger partial charge in [-0.1, -0.05) is 0 Å². The lowest BCUT2D eigenvalue weighted by Gasteiger charge is -2.05. The minimum absolute atomic E-state index is 0.542. The SMILES string of the molecule is CN1CCCC1=[N]. The van der Waals surface area contributed by atoms with Crippen LogP contribution in [0.3, 0.4) is 0 Å². The van der Waals surface area contributed by atoms with Crippen molar-refractivity contribution in [2.75, 3.05) is 13.6 Å². The maximum atomic E-state index is 8.84. The van der Waals surface area contributed by atoms with Crippen molar-refractivity contribution in [1.82, 2.24) is 10.3 Å². The molecule has 2 nitrogen and oxygen atoms in total. The molecule has 1 rings (SSSR count). The van der Waals surface area contributed by atoms with Crippen LogP contribution in [0.15, 0.2) is 0 Å². The van der Waals surface area contributed by atoms with Gasteiger partial charge in [0.1, 0.15) is 5.84 Å². The second-order valence-corrected chi connectivity index (χ2v) is 1.94. The van der Waals surface area contributed by atoms with Gasteiger partial charge in [0.2, 0.25) is 0 Å². The summed E-state index contributed by atoms with van der Waals surface area (Å²) in [5.41, 5.74) is 0. The first-order valence-electron chi connectivity index (χ1n) is 2.56. The van der Waals surface area contributed by atoms with Crippen molar-refractivity contribution >= 4 is 5.84 Å². The number of nitrogens with zero attached hydrogens (tertiary/aromatic N) is 2. The molecule has 0 bridgehead atoms. The van der Waals surface area contributed by atoms with Crippen LogP contribution in [0.1, 0.15) is 12.8 Å². The molecule has 0 unspecified atom stereocenters. The van der Waals surface area contributed by atoms with Gasteiger partial charge < -0.3 is 4.90 Å². The molecule has 0 aromatic rings. The molecule has 7 heavy (non-hydrogen) atoms. The predicted octanol–water partition coefficient (Wildman–Crippen LogP) is -0.0894. The van der Waals surface area contributed by atoms with Gasteiger partial charge in [-0.2, -0.15) is 0 Å². The van der Waals surface area contributed by atoms with E-state index in [1.54, 1.807) is 0 Å². The number of hydrogen-bond acceptors (Lipinski definition) is 0. The summed E-state index contributed by atoms with van der Waals surface area (Å²) < 4.78 is 0. The van der Waals surface area contributed by atoms with Crippen LogP contribution in [0.5, 0.6) is 0 Å². The second-order valence-electron chi connectivity index (χ2n) is 1.94. The van der Waals surface area contributed by atoms with Gasteiger partial charge in [-0.25, -0.2) is 0 Å². The fraction of sp³-hybridized carbons (Fsp3) is 0.800. The molecule has 1 fully saturated rings. The molecule has 1 heterocycles. The van der Waals surface area contributed by atoms with E-state index in [1.165, 1.54) is 0 Å². The Balaban J connectivity index is 2.48. The topological polar surface area (TPSA) is 25.5 Å². The Morgan fingerprint density at radius 3 is 2.57 bits per heavy atom. The Morgan fingerprint density at radius 1 is 1.71 bits per heavy atom. The summed E-state index contributed by atoms with van der Waals surface area (Å²) in [5.74, 6) is 0.542. The van der Waals surface area contributed by atoms with Crippen molar-refractivity contribution in [1.29, 1.82) is 0 Å². The van der Waals surface area contributed by atoms with Crippen molar-refractivity contribution < 1.29 is 0 Å². The zero-order valence-corrected chi connectivity index (χ0v) is 4.52. The van der Waals surface area contributed by atoms with Gasteiger partial charge in [-0.3, -0.25) is 0 Å². The summed E-state index contributed by atoms with van der Waals surface area (Å²) in [6.07, 6.45) is 1.98. The molecule has 39 valence electrons. The summed E-state index contributed by atoms with van der Waals surface area (Å²) in [5, 5.41) is 8.84. The lowest BCUT2D eigenvalue weighted by molar-refractivity contribution is 0.550. The maximum Gasteiger partial charge on any atom is 0.127 e. The highest BCUT2D eigenvalue weighted by Crippen LogP contribution is 2.04. The largest absolute Gasteiger partial charge is 0.362 e. The molecule has 1 saturated heterocycles. The van der Waals surface area contributed by atoms with E-state index < -0.39 is 0 Å². The van der Waals surface area contributed by atoms with Gasteiger partial charge in [-0.05, 0) is 6.42 Å². The molecular formula is C5H9N2. The molecule has 0 aromatic heterocycles. The van der Waals surface area contributed by atoms with Crippen molar-refractivity contribution in [3.63, 3.8) is 0 Å². The summed E-state index contributed by atoms with van der Waals surface area (Å²) in [7, 11) is 1.91. The van der Waals surface area contributed by atoms with Crippen LogP contribution in [0.2, 0.25) is 0 Å². The standard InChI is InChI=1S/C5H9N2/c1-7-4-2-3-5(7)6/h2-4H2,1H3. The zero-order chi connectivity index (χ0) is 5.28. The molecule has 0 N–H and O–H groups in total. The van der Waals surface area contributed by atoms with Crippen LogP contribution in [-0.4, -0.2) is 24.3 Å². The van der Waals surface area contributed by atoms with Gasteiger partial charge >= 0.3 is 0 Å². The van der Waals surface area contributed by atoms with Crippen LogP contribution in [0, 0.1) is 0 Å². The minimum atomic E-state index is 0.542.